The normalized spacial score (nSPS) is 18.1. The lowest BCUT2D eigenvalue weighted by molar-refractivity contribution is 0.530. The van der Waals surface area contributed by atoms with Gasteiger partial charge in [0.25, 0.3) is 0 Å². The van der Waals surface area contributed by atoms with Crippen LogP contribution in [0.25, 0.3) is 0 Å². The number of aryl methyl sites for hydroxylation is 1. The van der Waals surface area contributed by atoms with E-state index in [1.807, 2.05) is 6.07 Å². The summed E-state index contributed by atoms with van der Waals surface area (Å²) < 4.78 is 27.8. The molecule has 0 radical (unpaired) electrons. The van der Waals surface area contributed by atoms with Gasteiger partial charge in [0.2, 0.25) is 10.0 Å². The molecular weight excluding hydrogens is 302 g/mol. The molecule has 0 amide bonds. The van der Waals surface area contributed by atoms with Gasteiger partial charge >= 0.3 is 0 Å². The fourth-order valence-electron chi connectivity index (χ4n) is 1.60. The maximum Gasteiger partial charge on any atom is 0.240 e. The van der Waals surface area contributed by atoms with Crippen molar-refractivity contribution in [1.82, 2.24) is 4.72 Å². The van der Waals surface area contributed by atoms with E-state index >= 15 is 0 Å². The minimum absolute atomic E-state index is 0.174. The molecule has 1 aromatic carbocycles. The lowest BCUT2D eigenvalue weighted by atomic mass is 10.2. The number of hydrogen-bond acceptors (Lipinski definition) is 2. The van der Waals surface area contributed by atoms with Crippen LogP contribution in [0, 0.1) is 12.3 Å². The Morgan fingerprint density at radius 2 is 2.06 bits per heavy atom. The Hall–Kier alpha value is -0.390. The van der Waals surface area contributed by atoms with Gasteiger partial charge < -0.3 is 0 Å². The van der Waals surface area contributed by atoms with Gasteiger partial charge in [-0.25, -0.2) is 13.1 Å². The number of rotatable bonds is 4. The van der Waals surface area contributed by atoms with Gasteiger partial charge in [0.1, 0.15) is 0 Å². The second-order valence-corrected chi connectivity index (χ2v) is 7.70. The van der Waals surface area contributed by atoms with Gasteiger partial charge in [0.05, 0.1) is 4.90 Å². The first kappa shape index (κ1) is 13.1. The number of nitrogens with one attached hydrogen (secondary N) is 1. The predicted molar refractivity (Wildman–Crippen MR) is 71.4 cm³/mol. The van der Waals surface area contributed by atoms with Gasteiger partial charge in [-0.15, -0.1) is 0 Å². The van der Waals surface area contributed by atoms with Crippen LogP contribution in [0.5, 0.6) is 0 Å². The molecule has 0 unspecified atom stereocenters. The van der Waals surface area contributed by atoms with E-state index in [-0.39, 0.29) is 5.41 Å². The van der Waals surface area contributed by atoms with Gasteiger partial charge in [-0.05, 0) is 42.9 Å². The SMILES string of the molecule is Cc1ccc(Br)cc1S(=O)(=O)NCC1(C)CC1. The van der Waals surface area contributed by atoms with Crippen molar-refractivity contribution in [2.75, 3.05) is 6.54 Å². The molecule has 0 aliphatic heterocycles. The molecule has 1 aromatic rings. The summed E-state index contributed by atoms with van der Waals surface area (Å²) in [7, 11) is -3.39. The minimum atomic E-state index is -3.39. The summed E-state index contributed by atoms with van der Waals surface area (Å²) in [5.41, 5.74) is 0.939. The second-order valence-electron chi connectivity index (χ2n) is 5.05. The zero-order valence-corrected chi connectivity index (χ0v) is 12.4. The van der Waals surface area contributed by atoms with Crippen LogP contribution >= 0.6 is 15.9 Å². The van der Waals surface area contributed by atoms with Crippen LogP contribution in [0.1, 0.15) is 25.3 Å². The topological polar surface area (TPSA) is 46.2 Å². The molecule has 0 bridgehead atoms. The Morgan fingerprint density at radius 3 is 2.65 bits per heavy atom. The highest BCUT2D eigenvalue weighted by Gasteiger charge is 2.38. The molecule has 1 aliphatic carbocycles. The third kappa shape index (κ3) is 3.09. The van der Waals surface area contributed by atoms with Crippen molar-refractivity contribution in [3.63, 3.8) is 0 Å². The van der Waals surface area contributed by atoms with Gasteiger partial charge in [0.15, 0.2) is 0 Å². The van der Waals surface area contributed by atoms with Crippen LogP contribution in [0.2, 0.25) is 0 Å². The van der Waals surface area contributed by atoms with Crippen molar-refractivity contribution in [1.29, 1.82) is 0 Å². The van der Waals surface area contributed by atoms with E-state index in [1.54, 1.807) is 19.1 Å². The highest BCUT2D eigenvalue weighted by Crippen LogP contribution is 2.44. The lowest BCUT2D eigenvalue weighted by Crippen LogP contribution is -2.29. The summed E-state index contributed by atoms with van der Waals surface area (Å²) in [6.45, 7) is 4.43. The fraction of sp³-hybridized carbons (Fsp3) is 0.500. The molecule has 1 aliphatic rings. The third-order valence-electron chi connectivity index (χ3n) is 3.23. The molecule has 17 heavy (non-hydrogen) atoms. The van der Waals surface area contributed by atoms with Crippen molar-refractivity contribution in [3.8, 4) is 0 Å². The van der Waals surface area contributed by atoms with Gasteiger partial charge in [-0.1, -0.05) is 28.9 Å². The first-order valence-electron chi connectivity index (χ1n) is 5.58. The molecule has 2 rings (SSSR count). The number of halogens is 1. The number of hydrogen-bond donors (Lipinski definition) is 1. The van der Waals surface area contributed by atoms with E-state index in [2.05, 4.69) is 27.6 Å². The Morgan fingerprint density at radius 1 is 1.41 bits per heavy atom. The summed E-state index contributed by atoms with van der Waals surface area (Å²) in [6, 6.07) is 5.29. The largest absolute Gasteiger partial charge is 0.240 e. The molecule has 0 atom stereocenters. The zero-order chi connectivity index (χ0) is 12.7. The summed E-state index contributed by atoms with van der Waals surface area (Å²) in [4.78, 5) is 0.358. The average molecular weight is 318 g/mol. The molecule has 94 valence electrons. The molecule has 0 heterocycles. The Kier molecular flexibility index (Phi) is 3.36. The molecule has 1 fully saturated rings. The Bertz CT molecular complexity index is 535. The highest BCUT2D eigenvalue weighted by molar-refractivity contribution is 9.10. The van der Waals surface area contributed by atoms with Crippen molar-refractivity contribution in [2.45, 2.75) is 31.6 Å². The highest BCUT2D eigenvalue weighted by atomic mass is 79.9. The fourth-order valence-corrected chi connectivity index (χ4v) is 3.58. The smallest absolute Gasteiger partial charge is 0.211 e. The standard InChI is InChI=1S/C12H16BrNO2S/c1-9-3-4-10(13)7-11(9)17(15,16)14-8-12(2)5-6-12/h3-4,7,14H,5-6,8H2,1-2H3. The van der Waals surface area contributed by atoms with Gasteiger partial charge in [-0.3, -0.25) is 0 Å². The number of sulfonamides is 1. The average Bonchev–Trinajstić information content (AvgIpc) is 2.98. The van der Waals surface area contributed by atoms with Gasteiger partial charge in [0, 0.05) is 11.0 Å². The molecule has 0 spiro atoms. The van der Waals surface area contributed by atoms with Crippen LogP contribution in [0.3, 0.4) is 0 Å². The van der Waals surface area contributed by atoms with E-state index in [4.69, 9.17) is 0 Å². The first-order valence-corrected chi connectivity index (χ1v) is 7.86. The van der Waals surface area contributed by atoms with E-state index in [1.165, 1.54) is 0 Å². The van der Waals surface area contributed by atoms with E-state index < -0.39 is 10.0 Å². The quantitative estimate of drug-likeness (QED) is 0.928. The van der Waals surface area contributed by atoms with Crippen molar-refractivity contribution in [3.05, 3.63) is 28.2 Å². The molecule has 0 aromatic heterocycles. The molecule has 5 heteroatoms. The molecule has 0 saturated heterocycles. The number of benzene rings is 1. The summed E-state index contributed by atoms with van der Waals surface area (Å²) >= 11 is 3.30. The lowest BCUT2D eigenvalue weighted by Gasteiger charge is -2.12. The monoisotopic (exact) mass is 317 g/mol. The van der Waals surface area contributed by atoms with Crippen LogP contribution in [-0.2, 0) is 10.0 Å². The van der Waals surface area contributed by atoms with E-state index in [9.17, 15) is 8.42 Å². The summed E-state index contributed by atoms with van der Waals surface area (Å²) in [5, 5.41) is 0. The summed E-state index contributed by atoms with van der Waals surface area (Å²) in [6.07, 6.45) is 2.21. The Balaban J connectivity index is 2.21. The van der Waals surface area contributed by atoms with E-state index in [0.29, 0.717) is 11.4 Å². The zero-order valence-electron chi connectivity index (χ0n) is 9.96. The van der Waals surface area contributed by atoms with Crippen molar-refractivity contribution < 1.29 is 8.42 Å². The van der Waals surface area contributed by atoms with Crippen LogP contribution in [0.15, 0.2) is 27.6 Å². The molecule has 1 saturated carbocycles. The van der Waals surface area contributed by atoms with Crippen molar-refractivity contribution in [2.24, 2.45) is 5.41 Å². The second kappa shape index (κ2) is 4.37. The van der Waals surface area contributed by atoms with Crippen LogP contribution in [0.4, 0.5) is 0 Å². The third-order valence-corrected chi connectivity index (χ3v) is 5.27. The minimum Gasteiger partial charge on any atom is -0.211 e. The van der Waals surface area contributed by atoms with Crippen molar-refractivity contribution >= 4 is 26.0 Å². The van der Waals surface area contributed by atoms with Gasteiger partial charge in [-0.2, -0.15) is 0 Å². The Labute approximate surface area is 111 Å². The van der Waals surface area contributed by atoms with Crippen LogP contribution < -0.4 is 4.72 Å². The summed E-state index contributed by atoms with van der Waals surface area (Å²) in [5.74, 6) is 0. The van der Waals surface area contributed by atoms with Crippen LogP contribution in [-0.4, -0.2) is 15.0 Å². The maximum absolute atomic E-state index is 12.1. The molecule has 1 N–H and O–H groups in total. The predicted octanol–water partition coefficient (Wildman–Crippen LogP) is 2.84. The molecular formula is C12H16BrNO2S. The first-order chi connectivity index (χ1) is 7.82. The maximum atomic E-state index is 12.1. The molecule has 3 nitrogen and oxygen atoms in total. The van der Waals surface area contributed by atoms with E-state index in [0.717, 1.165) is 22.9 Å².